The number of nitrogens with zero attached hydrogens (tertiary/aromatic N) is 3. The van der Waals surface area contributed by atoms with Crippen LogP contribution in [0.3, 0.4) is 0 Å². The number of nitriles is 1. The summed E-state index contributed by atoms with van der Waals surface area (Å²) >= 11 is 23.4. The molecule has 0 N–H and O–H groups in total. The predicted molar refractivity (Wildman–Crippen MR) is 104 cm³/mol. The average molecular weight is 447 g/mol. The number of halogens is 4. The Balaban J connectivity index is 2.13. The van der Waals surface area contributed by atoms with Crippen molar-refractivity contribution in [3.63, 3.8) is 0 Å². The fourth-order valence-electron chi connectivity index (χ4n) is 2.06. The smallest absolute Gasteiger partial charge is 0.359 e. The molecule has 0 saturated heterocycles. The molecular weight excluding hydrogens is 436 g/mol. The number of carbonyl (C=O) groups is 2. The molecule has 1 aromatic heterocycles. The molecule has 2 rings (SSSR count). The van der Waals surface area contributed by atoms with Crippen LogP contribution in [0.1, 0.15) is 16.9 Å². The first kappa shape index (κ1) is 21.3. The lowest BCUT2D eigenvalue weighted by Gasteiger charge is -2.21. The molecule has 0 bridgehead atoms. The number of para-hydroxylation sites is 1. The van der Waals surface area contributed by atoms with Gasteiger partial charge in [-0.2, -0.15) is 5.26 Å². The Labute approximate surface area is 175 Å². The Bertz CT molecular complexity index is 901. The Morgan fingerprint density at radius 2 is 1.74 bits per heavy atom. The summed E-state index contributed by atoms with van der Waals surface area (Å²) in [5.41, 5.74) is 0.217. The molecule has 1 heterocycles. The van der Waals surface area contributed by atoms with Crippen LogP contribution in [0, 0.1) is 11.3 Å². The van der Waals surface area contributed by atoms with E-state index >= 15 is 0 Å². The lowest BCUT2D eigenvalue weighted by molar-refractivity contribution is -0.121. The van der Waals surface area contributed by atoms with Crippen molar-refractivity contribution in [2.75, 3.05) is 18.1 Å². The van der Waals surface area contributed by atoms with Crippen molar-refractivity contribution in [3.8, 4) is 6.07 Å². The molecule has 27 heavy (non-hydrogen) atoms. The molecule has 0 saturated carbocycles. The summed E-state index contributed by atoms with van der Waals surface area (Å²) in [6, 6.07) is 10.7. The molecule has 0 atom stereocenters. The topological polar surface area (TPSA) is 83.3 Å². The first-order valence-electron chi connectivity index (χ1n) is 7.46. The van der Waals surface area contributed by atoms with Gasteiger partial charge in [-0.1, -0.05) is 64.6 Å². The molecule has 0 aliphatic heterocycles. The molecule has 1 aromatic carbocycles. The van der Waals surface area contributed by atoms with E-state index < -0.39 is 18.5 Å². The van der Waals surface area contributed by atoms with Crippen molar-refractivity contribution >= 4 is 64.0 Å². The summed E-state index contributed by atoms with van der Waals surface area (Å²) < 4.78 is 4.98. The van der Waals surface area contributed by atoms with Crippen LogP contribution in [-0.4, -0.2) is 30.0 Å². The first-order valence-corrected chi connectivity index (χ1v) is 8.97. The number of rotatable bonds is 6. The molecule has 0 radical (unpaired) electrons. The van der Waals surface area contributed by atoms with Gasteiger partial charge in [-0.15, -0.1) is 0 Å². The van der Waals surface area contributed by atoms with Crippen molar-refractivity contribution in [3.05, 3.63) is 56.2 Å². The van der Waals surface area contributed by atoms with Crippen LogP contribution in [0.15, 0.2) is 30.3 Å². The maximum absolute atomic E-state index is 12.5. The van der Waals surface area contributed by atoms with Gasteiger partial charge in [0, 0.05) is 12.2 Å². The summed E-state index contributed by atoms with van der Waals surface area (Å²) in [4.78, 5) is 29.8. The quantitative estimate of drug-likeness (QED) is 0.470. The predicted octanol–water partition coefficient (Wildman–Crippen LogP) is 4.80. The fourth-order valence-corrected chi connectivity index (χ4v) is 2.87. The van der Waals surface area contributed by atoms with Crippen molar-refractivity contribution in [2.45, 2.75) is 6.42 Å². The molecule has 1 amide bonds. The highest BCUT2D eigenvalue weighted by molar-refractivity contribution is 6.52. The third kappa shape index (κ3) is 5.24. The molecule has 0 unspecified atom stereocenters. The normalized spacial score (nSPS) is 10.2. The van der Waals surface area contributed by atoms with E-state index in [-0.39, 0.29) is 38.9 Å². The number of anilines is 1. The number of ether oxygens (including phenoxy) is 1. The van der Waals surface area contributed by atoms with Gasteiger partial charge in [0.05, 0.1) is 27.6 Å². The standard InChI is InChI=1S/C17H11Cl4N3O3/c18-12-13(19)15(23-16(21)14(12)20)17(26)27-9-11(25)24(8-4-7-22)10-5-2-1-3-6-10/h1-3,5-6H,4,8-9H2. The minimum atomic E-state index is -0.984. The second kappa shape index (κ2) is 9.77. The Morgan fingerprint density at radius 1 is 1.07 bits per heavy atom. The zero-order valence-electron chi connectivity index (χ0n) is 13.6. The van der Waals surface area contributed by atoms with Crippen LogP contribution in [0.2, 0.25) is 20.2 Å². The van der Waals surface area contributed by atoms with Gasteiger partial charge in [0.25, 0.3) is 5.91 Å². The summed E-state index contributed by atoms with van der Waals surface area (Å²) in [5.74, 6) is -1.51. The third-order valence-electron chi connectivity index (χ3n) is 3.32. The highest BCUT2D eigenvalue weighted by atomic mass is 35.5. The van der Waals surface area contributed by atoms with Gasteiger partial charge in [0.15, 0.2) is 12.3 Å². The molecule has 0 spiro atoms. The highest BCUT2D eigenvalue weighted by Gasteiger charge is 2.23. The van der Waals surface area contributed by atoms with E-state index in [1.807, 2.05) is 6.07 Å². The molecule has 6 nitrogen and oxygen atoms in total. The molecule has 0 aliphatic carbocycles. The number of pyridine rings is 1. The second-order valence-electron chi connectivity index (χ2n) is 5.06. The highest BCUT2D eigenvalue weighted by Crippen LogP contribution is 2.36. The van der Waals surface area contributed by atoms with E-state index in [1.54, 1.807) is 30.3 Å². The molecule has 0 fully saturated rings. The lowest BCUT2D eigenvalue weighted by atomic mass is 10.2. The number of hydrogen-bond donors (Lipinski definition) is 0. The van der Waals surface area contributed by atoms with Gasteiger partial charge in [0.1, 0.15) is 5.15 Å². The van der Waals surface area contributed by atoms with Gasteiger partial charge < -0.3 is 9.64 Å². The number of benzene rings is 1. The minimum Gasteiger partial charge on any atom is -0.451 e. The van der Waals surface area contributed by atoms with Crippen molar-refractivity contribution in [2.24, 2.45) is 0 Å². The Kier molecular flexibility index (Phi) is 7.69. The largest absolute Gasteiger partial charge is 0.451 e. The summed E-state index contributed by atoms with van der Waals surface area (Å²) in [6.07, 6.45) is 0.115. The Morgan fingerprint density at radius 3 is 2.37 bits per heavy atom. The van der Waals surface area contributed by atoms with Crippen molar-refractivity contribution in [1.29, 1.82) is 5.26 Å². The van der Waals surface area contributed by atoms with Gasteiger partial charge in [-0.3, -0.25) is 4.79 Å². The molecule has 0 aliphatic rings. The molecular formula is C17H11Cl4N3O3. The zero-order chi connectivity index (χ0) is 20.0. The second-order valence-corrected chi connectivity index (χ2v) is 6.55. The van der Waals surface area contributed by atoms with E-state index in [0.717, 1.165) is 0 Å². The van der Waals surface area contributed by atoms with Gasteiger partial charge in [-0.05, 0) is 12.1 Å². The molecule has 10 heteroatoms. The average Bonchev–Trinajstić information content (AvgIpc) is 2.68. The third-order valence-corrected chi connectivity index (χ3v) is 5.00. The number of carbonyl (C=O) groups excluding carboxylic acids is 2. The lowest BCUT2D eigenvalue weighted by Crippen LogP contribution is -2.35. The van der Waals surface area contributed by atoms with E-state index in [4.69, 9.17) is 56.4 Å². The van der Waals surface area contributed by atoms with Gasteiger partial charge in [0.2, 0.25) is 0 Å². The summed E-state index contributed by atoms with van der Waals surface area (Å²) in [6.45, 7) is -0.441. The molecule has 140 valence electrons. The first-order chi connectivity index (χ1) is 12.9. The number of esters is 1. The van der Waals surface area contributed by atoms with Crippen LogP contribution in [0.25, 0.3) is 0 Å². The summed E-state index contributed by atoms with van der Waals surface area (Å²) in [5, 5.41) is 8.10. The van der Waals surface area contributed by atoms with Gasteiger partial charge in [-0.25, -0.2) is 9.78 Å². The fraction of sp³-hybridized carbons (Fsp3) is 0.176. The summed E-state index contributed by atoms with van der Waals surface area (Å²) in [7, 11) is 0. The van der Waals surface area contributed by atoms with E-state index in [1.165, 1.54) is 4.90 Å². The van der Waals surface area contributed by atoms with Crippen LogP contribution in [0.5, 0.6) is 0 Å². The number of amides is 1. The van der Waals surface area contributed by atoms with Crippen molar-refractivity contribution in [1.82, 2.24) is 4.98 Å². The van der Waals surface area contributed by atoms with Gasteiger partial charge >= 0.3 is 5.97 Å². The molecule has 2 aromatic rings. The number of aromatic nitrogens is 1. The minimum absolute atomic E-state index is 0.0947. The SMILES string of the molecule is N#CCCN(C(=O)COC(=O)c1nc(Cl)c(Cl)c(Cl)c1Cl)c1ccccc1. The van der Waals surface area contributed by atoms with E-state index in [9.17, 15) is 9.59 Å². The van der Waals surface area contributed by atoms with Crippen LogP contribution in [0.4, 0.5) is 5.69 Å². The Hall–Kier alpha value is -2.04. The number of hydrogen-bond acceptors (Lipinski definition) is 5. The van der Waals surface area contributed by atoms with Crippen LogP contribution >= 0.6 is 46.4 Å². The zero-order valence-corrected chi connectivity index (χ0v) is 16.6. The maximum atomic E-state index is 12.5. The maximum Gasteiger partial charge on any atom is 0.359 e. The van der Waals surface area contributed by atoms with E-state index in [2.05, 4.69) is 4.98 Å². The monoisotopic (exact) mass is 445 g/mol. The van der Waals surface area contributed by atoms with Crippen LogP contribution < -0.4 is 4.90 Å². The van der Waals surface area contributed by atoms with Crippen LogP contribution in [-0.2, 0) is 9.53 Å². The van der Waals surface area contributed by atoms with Crippen molar-refractivity contribution < 1.29 is 14.3 Å². The van der Waals surface area contributed by atoms with E-state index in [0.29, 0.717) is 5.69 Å².